The van der Waals surface area contributed by atoms with Crippen molar-refractivity contribution < 1.29 is 15.0 Å². The lowest BCUT2D eigenvalue weighted by atomic mass is 9.69. The van der Waals surface area contributed by atoms with Crippen molar-refractivity contribution in [3.63, 3.8) is 0 Å². The molecular formula is C21H32N2O3. The average molecular weight is 360 g/mol. The summed E-state index contributed by atoms with van der Waals surface area (Å²) >= 11 is 0. The Labute approximate surface area is 156 Å². The van der Waals surface area contributed by atoms with E-state index in [4.69, 9.17) is 0 Å². The molecule has 2 fully saturated rings. The van der Waals surface area contributed by atoms with E-state index in [1.165, 1.54) is 5.56 Å². The number of amides is 1. The van der Waals surface area contributed by atoms with Crippen molar-refractivity contribution >= 4 is 5.91 Å². The second-order valence-corrected chi connectivity index (χ2v) is 8.53. The summed E-state index contributed by atoms with van der Waals surface area (Å²) in [4.78, 5) is 16.8. The SMILES string of the molecule is Cc1cccc(CN2CCC[C@](O)(CN(C)CC3(CO)CCC3)C2=O)c1. The number of rotatable bonds is 7. The first kappa shape index (κ1) is 19.3. The molecule has 144 valence electrons. The highest BCUT2D eigenvalue weighted by Gasteiger charge is 2.44. The number of likely N-dealkylation sites (N-methyl/N-ethyl adjacent to an activating group) is 1. The number of likely N-dealkylation sites (tertiary alicyclic amines) is 1. The molecule has 0 aromatic heterocycles. The van der Waals surface area contributed by atoms with Gasteiger partial charge in [-0.1, -0.05) is 36.2 Å². The standard InChI is InChI=1S/C21H32N2O3/c1-17-6-3-7-18(12-17)13-23-11-5-10-21(26,19(23)25)15-22(2)14-20(16-24)8-4-9-20/h3,6-7,12,24,26H,4-5,8-11,13-16H2,1-2H3/t21-/m0/s1. The van der Waals surface area contributed by atoms with Gasteiger partial charge in [0, 0.05) is 38.2 Å². The molecule has 0 bridgehead atoms. The van der Waals surface area contributed by atoms with E-state index in [1.54, 1.807) is 4.90 Å². The maximum Gasteiger partial charge on any atom is 0.256 e. The largest absolute Gasteiger partial charge is 0.396 e. The molecule has 1 heterocycles. The number of piperidine rings is 1. The lowest BCUT2D eigenvalue weighted by molar-refractivity contribution is -0.160. The molecule has 1 saturated carbocycles. The predicted molar refractivity (Wildman–Crippen MR) is 102 cm³/mol. The van der Waals surface area contributed by atoms with Gasteiger partial charge in [-0.15, -0.1) is 0 Å². The topological polar surface area (TPSA) is 64.0 Å². The summed E-state index contributed by atoms with van der Waals surface area (Å²) in [5, 5.41) is 20.7. The molecule has 2 aliphatic rings. The van der Waals surface area contributed by atoms with Crippen LogP contribution < -0.4 is 0 Å². The van der Waals surface area contributed by atoms with Crippen LogP contribution in [0.5, 0.6) is 0 Å². The van der Waals surface area contributed by atoms with Gasteiger partial charge in [0.05, 0.1) is 0 Å². The first-order valence-electron chi connectivity index (χ1n) is 9.73. The second-order valence-electron chi connectivity index (χ2n) is 8.53. The van der Waals surface area contributed by atoms with Gasteiger partial charge < -0.3 is 20.0 Å². The molecule has 2 N–H and O–H groups in total. The molecule has 1 aliphatic heterocycles. The van der Waals surface area contributed by atoms with Crippen molar-refractivity contribution in [1.29, 1.82) is 0 Å². The van der Waals surface area contributed by atoms with Crippen molar-refractivity contribution in [3.8, 4) is 0 Å². The minimum absolute atomic E-state index is 0.0376. The molecule has 5 nitrogen and oxygen atoms in total. The van der Waals surface area contributed by atoms with Crippen LogP contribution in [0, 0.1) is 12.3 Å². The summed E-state index contributed by atoms with van der Waals surface area (Å²) in [6.07, 6.45) is 4.53. The van der Waals surface area contributed by atoms with Crippen LogP contribution >= 0.6 is 0 Å². The van der Waals surface area contributed by atoms with Crippen LogP contribution in [-0.2, 0) is 11.3 Å². The maximum atomic E-state index is 13.0. The summed E-state index contributed by atoms with van der Waals surface area (Å²) in [7, 11) is 1.94. The van der Waals surface area contributed by atoms with Gasteiger partial charge in [-0.05, 0) is 45.2 Å². The summed E-state index contributed by atoms with van der Waals surface area (Å²) in [6, 6.07) is 8.17. The number of carbonyl (C=O) groups is 1. The number of hydrogen-bond acceptors (Lipinski definition) is 4. The number of aliphatic hydroxyl groups excluding tert-OH is 1. The summed E-state index contributed by atoms with van der Waals surface area (Å²) in [6.45, 7) is 4.54. The Morgan fingerprint density at radius 3 is 2.58 bits per heavy atom. The molecule has 1 atom stereocenters. The molecule has 1 amide bonds. The highest BCUT2D eigenvalue weighted by atomic mass is 16.3. The number of aryl methyl sites for hydroxylation is 1. The molecule has 0 radical (unpaired) electrons. The molecule has 26 heavy (non-hydrogen) atoms. The molecular weight excluding hydrogens is 328 g/mol. The van der Waals surface area contributed by atoms with Crippen LogP contribution in [0.3, 0.4) is 0 Å². The van der Waals surface area contributed by atoms with E-state index >= 15 is 0 Å². The van der Waals surface area contributed by atoms with Crippen molar-refractivity contribution in [1.82, 2.24) is 9.80 Å². The maximum absolute atomic E-state index is 13.0. The third kappa shape index (κ3) is 4.11. The zero-order valence-electron chi connectivity index (χ0n) is 16.1. The van der Waals surface area contributed by atoms with Gasteiger partial charge in [0.25, 0.3) is 5.91 Å². The highest BCUT2D eigenvalue weighted by Crippen LogP contribution is 2.41. The van der Waals surface area contributed by atoms with E-state index in [0.29, 0.717) is 26.1 Å². The first-order valence-corrected chi connectivity index (χ1v) is 9.73. The Balaban J connectivity index is 1.63. The number of hydrogen-bond donors (Lipinski definition) is 2. The molecule has 1 saturated heterocycles. The van der Waals surface area contributed by atoms with Gasteiger partial charge in [0.2, 0.25) is 0 Å². The lowest BCUT2D eigenvalue weighted by Gasteiger charge is -2.45. The normalized spacial score (nSPS) is 25.4. The highest BCUT2D eigenvalue weighted by molar-refractivity contribution is 5.86. The molecule has 0 unspecified atom stereocenters. The Kier molecular flexibility index (Phi) is 5.70. The lowest BCUT2D eigenvalue weighted by Crippen LogP contribution is -2.59. The van der Waals surface area contributed by atoms with Crippen LogP contribution in [-0.4, -0.2) is 64.8 Å². The van der Waals surface area contributed by atoms with Crippen LogP contribution in [0.15, 0.2) is 24.3 Å². The zero-order valence-corrected chi connectivity index (χ0v) is 16.1. The summed E-state index contributed by atoms with van der Waals surface area (Å²) in [5.41, 5.74) is 0.919. The van der Waals surface area contributed by atoms with E-state index < -0.39 is 5.60 Å². The fraction of sp³-hybridized carbons (Fsp3) is 0.667. The van der Waals surface area contributed by atoms with Gasteiger partial charge in [-0.25, -0.2) is 0 Å². The van der Waals surface area contributed by atoms with Crippen molar-refractivity contribution in [2.24, 2.45) is 5.41 Å². The summed E-state index contributed by atoms with van der Waals surface area (Å²) in [5.74, 6) is -0.163. The monoisotopic (exact) mass is 360 g/mol. The van der Waals surface area contributed by atoms with Gasteiger partial charge in [0.1, 0.15) is 0 Å². The van der Waals surface area contributed by atoms with Crippen LogP contribution in [0.1, 0.15) is 43.2 Å². The van der Waals surface area contributed by atoms with E-state index in [1.807, 2.05) is 37.1 Å². The number of benzene rings is 1. The van der Waals surface area contributed by atoms with Crippen molar-refractivity contribution in [3.05, 3.63) is 35.4 Å². The van der Waals surface area contributed by atoms with Gasteiger partial charge in [-0.3, -0.25) is 4.79 Å². The molecule has 3 rings (SSSR count). The van der Waals surface area contributed by atoms with Crippen LogP contribution in [0.2, 0.25) is 0 Å². The predicted octanol–water partition coefficient (Wildman–Crippen LogP) is 1.94. The fourth-order valence-electron chi connectivity index (χ4n) is 4.51. The number of carbonyl (C=O) groups excluding carboxylic acids is 1. The quantitative estimate of drug-likeness (QED) is 0.780. The first-order chi connectivity index (χ1) is 12.4. The average Bonchev–Trinajstić information content (AvgIpc) is 2.55. The Morgan fingerprint density at radius 2 is 1.96 bits per heavy atom. The Hall–Kier alpha value is -1.43. The molecule has 1 aromatic carbocycles. The third-order valence-corrected chi connectivity index (χ3v) is 6.05. The number of nitrogens with zero attached hydrogens (tertiary/aromatic N) is 2. The van der Waals surface area contributed by atoms with Crippen LogP contribution in [0.25, 0.3) is 0 Å². The molecule has 0 spiro atoms. The third-order valence-electron chi connectivity index (χ3n) is 6.05. The minimum atomic E-state index is -1.32. The molecule has 1 aromatic rings. The van der Waals surface area contributed by atoms with Gasteiger partial charge in [0.15, 0.2) is 5.60 Å². The minimum Gasteiger partial charge on any atom is -0.396 e. The molecule has 1 aliphatic carbocycles. The number of aliphatic hydroxyl groups is 2. The second kappa shape index (κ2) is 7.67. The van der Waals surface area contributed by atoms with Crippen molar-refractivity contribution in [2.75, 3.05) is 33.3 Å². The molecule has 5 heteroatoms. The van der Waals surface area contributed by atoms with E-state index in [9.17, 15) is 15.0 Å². The van der Waals surface area contributed by atoms with Crippen molar-refractivity contribution in [2.45, 2.75) is 51.2 Å². The van der Waals surface area contributed by atoms with Gasteiger partial charge >= 0.3 is 0 Å². The smallest absolute Gasteiger partial charge is 0.256 e. The summed E-state index contributed by atoms with van der Waals surface area (Å²) < 4.78 is 0. The van der Waals surface area contributed by atoms with E-state index in [0.717, 1.165) is 37.8 Å². The van der Waals surface area contributed by atoms with E-state index in [-0.39, 0.29) is 17.9 Å². The zero-order chi connectivity index (χ0) is 18.8. The fourth-order valence-corrected chi connectivity index (χ4v) is 4.51. The van der Waals surface area contributed by atoms with E-state index in [2.05, 4.69) is 6.07 Å². The van der Waals surface area contributed by atoms with Crippen LogP contribution in [0.4, 0.5) is 0 Å². The Bertz CT molecular complexity index is 638. The van der Waals surface area contributed by atoms with Gasteiger partial charge in [-0.2, -0.15) is 0 Å². The Morgan fingerprint density at radius 1 is 1.19 bits per heavy atom.